The van der Waals surface area contributed by atoms with Crippen LogP contribution in [-0.4, -0.2) is 16.4 Å². The molecule has 0 radical (unpaired) electrons. The van der Waals surface area contributed by atoms with E-state index in [1.807, 2.05) is 56.3 Å². The first-order valence-electron chi connectivity index (χ1n) is 7.19. The van der Waals surface area contributed by atoms with E-state index in [0.717, 1.165) is 22.4 Å². The van der Waals surface area contributed by atoms with Crippen LogP contribution in [0.5, 0.6) is 0 Å². The molecule has 0 heterocycles. The van der Waals surface area contributed by atoms with E-state index in [0.29, 0.717) is 12.2 Å². The van der Waals surface area contributed by atoms with Gasteiger partial charge in [-0.05, 0) is 36.6 Å². The topological polar surface area (TPSA) is 46.2 Å². The minimum atomic E-state index is -0.894. The molecule has 1 atom stereocenters. The minimum absolute atomic E-state index is 0.0401. The molecular weight excluding hydrogens is 294 g/mol. The molecule has 0 spiro atoms. The summed E-state index contributed by atoms with van der Waals surface area (Å²) in [5, 5.41) is 2.95. The van der Waals surface area contributed by atoms with Crippen LogP contribution in [0.1, 0.15) is 22.3 Å². The van der Waals surface area contributed by atoms with E-state index in [1.54, 1.807) is 6.26 Å². The second-order valence-electron chi connectivity index (χ2n) is 5.52. The Kier molecular flexibility index (Phi) is 5.50. The highest BCUT2D eigenvalue weighted by molar-refractivity contribution is 7.83. The summed E-state index contributed by atoms with van der Waals surface area (Å²) in [5.41, 5.74) is 4.95. The lowest BCUT2D eigenvalue weighted by molar-refractivity contribution is -0.115. The summed E-state index contributed by atoms with van der Waals surface area (Å²) in [4.78, 5) is 12.2. The average Bonchev–Trinajstić information content (AvgIpc) is 2.45. The maximum atomic E-state index is 12.2. The molecule has 2 aromatic carbocycles. The molecule has 116 valence electrons. The first kappa shape index (κ1) is 16.4. The fraction of sp³-hybridized carbons (Fsp3) is 0.278. The molecular formula is C18H21NO2S. The molecule has 1 unspecified atom stereocenters. The van der Waals surface area contributed by atoms with Crippen LogP contribution in [0.3, 0.4) is 0 Å². The molecule has 0 aliphatic rings. The molecule has 0 bridgehead atoms. The van der Waals surface area contributed by atoms with E-state index in [4.69, 9.17) is 0 Å². The highest BCUT2D eigenvalue weighted by atomic mass is 32.2. The Balaban J connectivity index is 2.08. The van der Waals surface area contributed by atoms with Gasteiger partial charge in [0.05, 0.1) is 6.42 Å². The van der Waals surface area contributed by atoms with Crippen LogP contribution in [0.25, 0.3) is 0 Å². The second-order valence-corrected chi connectivity index (χ2v) is 6.95. The van der Waals surface area contributed by atoms with Gasteiger partial charge in [-0.15, -0.1) is 0 Å². The molecule has 2 rings (SSSR count). The van der Waals surface area contributed by atoms with Gasteiger partial charge in [0.15, 0.2) is 0 Å². The molecule has 0 saturated heterocycles. The Bertz CT molecular complexity index is 693. The highest BCUT2D eigenvalue weighted by Gasteiger charge is 2.09. The third-order valence-corrected chi connectivity index (χ3v) is 4.28. The van der Waals surface area contributed by atoms with Crippen molar-refractivity contribution in [3.05, 3.63) is 64.7 Å². The summed E-state index contributed by atoms with van der Waals surface area (Å²) in [6, 6.07) is 13.7. The summed E-state index contributed by atoms with van der Waals surface area (Å²) in [6.07, 6.45) is 2.03. The van der Waals surface area contributed by atoms with Crippen LogP contribution in [0.15, 0.2) is 42.5 Å². The lowest BCUT2D eigenvalue weighted by Crippen LogP contribution is -2.15. The molecule has 22 heavy (non-hydrogen) atoms. The number of carbonyl (C=O) groups is 1. The summed E-state index contributed by atoms with van der Waals surface area (Å²) in [6.45, 7) is 3.97. The van der Waals surface area contributed by atoms with Crippen LogP contribution in [0.2, 0.25) is 0 Å². The van der Waals surface area contributed by atoms with Crippen LogP contribution >= 0.6 is 0 Å². The Morgan fingerprint density at radius 2 is 1.77 bits per heavy atom. The lowest BCUT2D eigenvalue weighted by atomic mass is 10.1. The number of carbonyl (C=O) groups excluding carboxylic acids is 1. The predicted octanol–water partition coefficient (Wildman–Crippen LogP) is 3.36. The number of anilines is 1. The van der Waals surface area contributed by atoms with Crippen molar-refractivity contribution < 1.29 is 9.00 Å². The van der Waals surface area contributed by atoms with Gasteiger partial charge in [0.25, 0.3) is 0 Å². The number of hydrogen-bond acceptors (Lipinski definition) is 2. The Labute approximate surface area is 134 Å². The Morgan fingerprint density at radius 3 is 2.41 bits per heavy atom. The monoisotopic (exact) mass is 315 g/mol. The van der Waals surface area contributed by atoms with E-state index in [9.17, 15) is 9.00 Å². The molecule has 2 aromatic rings. The molecule has 0 aromatic heterocycles. The van der Waals surface area contributed by atoms with E-state index >= 15 is 0 Å². The fourth-order valence-electron chi connectivity index (χ4n) is 2.28. The molecule has 0 fully saturated rings. The van der Waals surface area contributed by atoms with Crippen molar-refractivity contribution >= 4 is 22.4 Å². The summed E-state index contributed by atoms with van der Waals surface area (Å²) >= 11 is 0. The molecule has 1 amide bonds. The van der Waals surface area contributed by atoms with E-state index < -0.39 is 10.8 Å². The quantitative estimate of drug-likeness (QED) is 0.919. The highest BCUT2D eigenvalue weighted by Crippen LogP contribution is 2.20. The third-order valence-electron chi connectivity index (χ3n) is 3.56. The van der Waals surface area contributed by atoms with Crippen molar-refractivity contribution in [1.29, 1.82) is 0 Å². The van der Waals surface area contributed by atoms with Crippen LogP contribution in [-0.2, 0) is 27.8 Å². The zero-order valence-corrected chi connectivity index (χ0v) is 14.0. The Hall–Kier alpha value is -1.94. The standard InChI is InChI=1S/C18H21NO2S/c1-13-7-9-15(10-8-13)11-18(20)19-17-6-4-5-16(14(17)2)12-22(3)21/h4-10H,11-12H2,1-3H3,(H,19,20). The smallest absolute Gasteiger partial charge is 0.228 e. The van der Waals surface area contributed by atoms with Gasteiger partial charge in [-0.1, -0.05) is 42.0 Å². The van der Waals surface area contributed by atoms with Gasteiger partial charge in [0.1, 0.15) is 0 Å². The van der Waals surface area contributed by atoms with E-state index in [-0.39, 0.29) is 5.91 Å². The van der Waals surface area contributed by atoms with E-state index in [1.165, 1.54) is 5.56 Å². The average molecular weight is 315 g/mol. The zero-order valence-electron chi connectivity index (χ0n) is 13.2. The molecule has 4 heteroatoms. The third kappa shape index (κ3) is 4.53. The molecule has 3 nitrogen and oxygen atoms in total. The van der Waals surface area contributed by atoms with Gasteiger partial charge in [-0.3, -0.25) is 9.00 Å². The van der Waals surface area contributed by atoms with Crippen LogP contribution in [0, 0.1) is 13.8 Å². The lowest BCUT2D eigenvalue weighted by Gasteiger charge is -2.12. The van der Waals surface area contributed by atoms with Crippen molar-refractivity contribution in [1.82, 2.24) is 0 Å². The maximum absolute atomic E-state index is 12.2. The van der Waals surface area contributed by atoms with Crippen molar-refractivity contribution in [2.75, 3.05) is 11.6 Å². The van der Waals surface area contributed by atoms with Crippen LogP contribution < -0.4 is 5.32 Å². The van der Waals surface area contributed by atoms with Gasteiger partial charge >= 0.3 is 0 Å². The number of hydrogen-bond donors (Lipinski definition) is 1. The van der Waals surface area contributed by atoms with Gasteiger partial charge in [-0.2, -0.15) is 0 Å². The summed E-state index contributed by atoms with van der Waals surface area (Å²) in [5.74, 6) is 0.467. The van der Waals surface area contributed by atoms with Gasteiger partial charge < -0.3 is 5.32 Å². The SMILES string of the molecule is Cc1ccc(CC(=O)Nc2cccc(CS(C)=O)c2C)cc1. The molecule has 0 saturated carbocycles. The Morgan fingerprint density at radius 1 is 1.09 bits per heavy atom. The number of rotatable bonds is 5. The number of nitrogens with one attached hydrogen (secondary N) is 1. The second kappa shape index (κ2) is 7.36. The van der Waals surface area contributed by atoms with Gasteiger partial charge in [-0.25, -0.2) is 0 Å². The predicted molar refractivity (Wildman–Crippen MR) is 92.5 cm³/mol. The normalized spacial score (nSPS) is 12.0. The van der Waals surface area contributed by atoms with Gasteiger partial charge in [0, 0.05) is 28.5 Å². The van der Waals surface area contributed by atoms with Crippen molar-refractivity contribution in [3.8, 4) is 0 Å². The minimum Gasteiger partial charge on any atom is -0.326 e. The first-order valence-corrected chi connectivity index (χ1v) is 8.92. The van der Waals surface area contributed by atoms with Crippen molar-refractivity contribution in [2.45, 2.75) is 26.0 Å². The van der Waals surface area contributed by atoms with Crippen LogP contribution in [0.4, 0.5) is 5.69 Å². The number of benzene rings is 2. The molecule has 1 N–H and O–H groups in total. The zero-order chi connectivity index (χ0) is 16.1. The van der Waals surface area contributed by atoms with Crippen molar-refractivity contribution in [2.24, 2.45) is 0 Å². The van der Waals surface area contributed by atoms with E-state index in [2.05, 4.69) is 5.32 Å². The largest absolute Gasteiger partial charge is 0.326 e. The summed E-state index contributed by atoms with van der Waals surface area (Å²) in [7, 11) is -0.894. The van der Waals surface area contributed by atoms with Crippen molar-refractivity contribution in [3.63, 3.8) is 0 Å². The molecule has 0 aliphatic carbocycles. The number of aryl methyl sites for hydroxylation is 1. The van der Waals surface area contributed by atoms with Gasteiger partial charge in [0.2, 0.25) is 5.91 Å². The first-order chi connectivity index (χ1) is 10.5. The summed E-state index contributed by atoms with van der Waals surface area (Å²) < 4.78 is 11.4. The maximum Gasteiger partial charge on any atom is 0.228 e. The fourth-order valence-corrected chi connectivity index (χ4v) is 3.03. The molecule has 0 aliphatic heterocycles. The number of amides is 1.